The summed E-state index contributed by atoms with van der Waals surface area (Å²) in [6, 6.07) is 16.6. The molecule has 0 unspecified atom stereocenters. The number of nitrogens with one attached hydrogen (secondary N) is 1. The molecule has 0 spiro atoms. The lowest BCUT2D eigenvalue weighted by molar-refractivity contribution is 0.0891. The first kappa shape index (κ1) is 24.5. The Morgan fingerprint density at radius 3 is 2.58 bits per heavy atom. The third-order valence-electron chi connectivity index (χ3n) is 7.38. The highest BCUT2D eigenvalue weighted by molar-refractivity contribution is 7.98. The molecule has 1 fully saturated rings. The van der Waals surface area contributed by atoms with E-state index in [1.165, 1.54) is 25.0 Å². The lowest BCUT2D eigenvalue weighted by Crippen LogP contribution is -2.43. The molecule has 186 valence electrons. The van der Waals surface area contributed by atoms with Gasteiger partial charge in [0.05, 0.1) is 23.8 Å². The Labute approximate surface area is 215 Å². The molecule has 1 aliphatic rings. The summed E-state index contributed by atoms with van der Waals surface area (Å²) in [6.07, 6.45) is 7.03. The van der Waals surface area contributed by atoms with Gasteiger partial charge >= 0.3 is 0 Å². The molecule has 2 aromatic carbocycles. The van der Waals surface area contributed by atoms with Gasteiger partial charge in [-0.2, -0.15) is 0 Å². The molecular weight excluding hydrogens is 471 g/mol. The number of rotatable bonds is 7. The van der Waals surface area contributed by atoms with Crippen LogP contribution >= 0.6 is 11.8 Å². The van der Waals surface area contributed by atoms with Gasteiger partial charge in [-0.25, -0.2) is 9.37 Å². The second-order valence-corrected chi connectivity index (χ2v) is 10.7. The van der Waals surface area contributed by atoms with E-state index in [0.717, 1.165) is 39.5 Å². The number of carbonyl (C=O) groups excluding carboxylic acids is 1. The Kier molecular flexibility index (Phi) is 7.37. The number of pyridine rings is 1. The van der Waals surface area contributed by atoms with Crippen molar-refractivity contribution in [2.75, 3.05) is 0 Å². The summed E-state index contributed by atoms with van der Waals surface area (Å²) in [4.78, 5) is 21.9. The van der Waals surface area contributed by atoms with Crippen LogP contribution in [0.1, 0.15) is 54.6 Å². The predicted molar refractivity (Wildman–Crippen MR) is 142 cm³/mol. The summed E-state index contributed by atoms with van der Waals surface area (Å²) in [7, 11) is 0. The number of halogens is 1. The van der Waals surface area contributed by atoms with E-state index in [-0.39, 0.29) is 17.8 Å². The molecular formula is C29H31FN4OS. The van der Waals surface area contributed by atoms with E-state index in [9.17, 15) is 9.18 Å². The van der Waals surface area contributed by atoms with Gasteiger partial charge in [0, 0.05) is 23.6 Å². The monoisotopic (exact) mass is 502 g/mol. The predicted octanol–water partition coefficient (Wildman–Crippen LogP) is 6.47. The molecule has 1 N–H and O–H groups in total. The van der Waals surface area contributed by atoms with Gasteiger partial charge in [-0.3, -0.25) is 9.78 Å². The third kappa shape index (κ3) is 5.46. The van der Waals surface area contributed by atoms with Crippen LogP contribution in [0.2, 0.25) is 0 Å². The Balaban J connectivity index is 1.27. The van der Waals surface area contributed by atoms with Crippen molar-refractivity contribution >= 4 is 28.7 Å². The second-order valence-electron chi connectivity index (χ2n) is 9.80. The molecule has 0 aliphatic heterocycles. The highest BCUT2D eigenvalue weighted by Crippen LogP contribution is 2.30. The van der Waals surface area contributed by atoms with Crippen LogP contribution in [0.3, 0.4) is 0 Å². The van der Waals surface area contributed by atoms with E-state index in [0.29, 0.717) is 23.9 Å². The summed E-state index contributed by atoms with van der Waals surface area (Å²) < 4.78 is 15.5. The maximum absolute atomic E-state index is 13.4. The number of carbonyl (C=O) groups is 1. The van der Waals surface area contributed by atoms with E-state index in [1.807, 2.05) is 36.5 Å². The van der Waals surface area contributed by atoms with Gasteiger partial charge in [-0.15, -0.1) is 0 Å². The quantitative estimate of drug-likeness (QED) is 0.295. The average Bonchev–Trinajstić information content (AvgIpc) is 3.24. The largest absolute Gasteiger partial charge is 0.349 e. The number of aromatic nitrogens is 3. The van der Waals surface area contributed by atoms with Crippen LogP contribution in [0.4, 0.5) is 4.39 Å². The number of hydrogen-bond donors (Lipinski definition) is 1. The minimum absolute atomic E-state index is 0.00810. The standard InChI is InChI=1S/C29H31FN4OS/c1-19-4-3-5-25(20(19)2)32-28(35)23-10-6-22(7-11-23)18-36-29-33-26-14-15-31-16-27(26)34(29)17-21-8-12-24(30)13-9-21/h6-16,19-20,25H,3-5,17-18H2,1-2H3,(H,32,35)/t19-,20-,25+/m1/s1. The molecule has 5 rings (SSSR count). The summed E-state index contributed by atoms with van der Waals surface area (Å²) in [6.45, 7) is 5.11. The van der Waals surface area contributed by atoms with E-state index < -0.39 is 0 Å². The molecule has 36 heavy (non-hydrogen) atoms. The minimum atomic E-state index is -0.245. The number of nitrogens with zero attached hydrogens (tertiary/aromatic N) is 3. The summed E-state index contributed by atoms with van der Waals surface area (Å²) >= 11 is 1.64. The molecule has 0 radical (unpaired) electrons. The number of thioether (sulfide) groups is 1. The highest BCUT2D eigenvalue weighted by atomic mass is 32.2. The summed E-state index contributed by atoms with van der Waals surface area (Å²) in [5.74, 6) is 1.63. The van der Waals surface area contributed by atoms with Gasteiger partial charge in [0.2, 0.25) is 0 Å². The van der Waals surface area contributed by atoms with Crippen molar-refractivity contribution in [2.24, 2.45) is 11.8 Å². The lowest BCUT2D eigenvalue weighted by Gasteiger charge is -2.34. The van der Waals surface area contributed by atoms with Crippen LogP contribution in [0.5, 0.6) is 0 Å². The van der Waals surface area contributed by atoms with Crippen LogP contribution in [-0.4, -0.2) is 26.5 Å². The van der Waals surface area contributed by atoms with E-state index in [1.54, 1.807) is 30.1 Å². The zero-order valence-electron chi connectivity index (χ0n) is 20.7. The Morgan fingerprint density at radius 1 is 1.06 bits per heavy atom. The summed E-state index contributed by atoms with van der Waals surface area (Å²) in [5.41, 5.74) is 4.65. The minimum Gasteiger partial charge on any atom is -0.349 e. The van der Waals surface area contributed by atoms with E-state index >= 15 is 0 Å². The average molecular weight is 503 g/mol. The maximum Gasteiger partial charge on any atom is 0.251 e. The van der Waals surface area contributed by atoms with Crippen molar-refractivity contribution in [2.45, 2.75) is 56.6 Å². The molecule has 3 atom stereocenters. The Bertz CT molecular complexity index is 1340. The van der Waals surface area contributed by atoms with Crippen molar-refractivity contribution in [3.05, 3.63) is 89.5 Å². The topological polar surface area (TPSA) is 59.8 Å². The van der Waals surface area contributed by atoms with Gasteiger partial charge in [-0.05, 0) is 59.7 Å². The number of imidazole rings is 1. The fourth-order valence-electron chi connectivity index (χ4n) is 4.92. The molecule has 7 heteroatoms. The first-order valence-corrected chi connectivity index (χ1v) is 13.5. The van der Waals surface area contributed by atoms with E-state index in [2.05, 4.69) is 28.7 Å². The molecule has 2 heterocycles. The number of hydrogen-bond acceptors (Lipinski definition) is 4. The number of fused-ring (bicyclic) bond motifs is 1. The summed E-state index contributed by atoms with van der Waals surface area (Å²) in [5, 5.41) is 4.13. The normalized spacial score (nSPS) is 19.9. The smallest absolute Gasteiger partial charge is 0.251 e. The van der Waals surface area contributed by atoms with Crippen molar-refractivity contribution in [1.29, 1.82) is 0 Å². The second kappa shape index (κ2) is 10.8. The van der Waals surface area contributed by atoms with Gasteiger partial charge in [0.15, 0.2) is 5.16 Å². The van der Waals surface area contributed by atoms with Crippen LogP contribution in [-0.2, 0) is 12.3 Å². The van der Waals surface area contributed by atoms with Crippen molar-refractivity contribution in [3.8, 4) is 0 Å². The van der Waals surface area contributed by atoms with Crippen molar-refractivity contribution in [3.63, 3.8) is 0 Å². The molecule has 1 amide bonds. The molecule has 4 aromatic rings. The van der Waals surface area contributed by atoms with Gasteiger partial charge in [-0.1, -0.05) is 62.7 Å². The zero-order chi connectivity index (χ0) is 25.1. The number of amides is 1. The van der Waals surface area contributed by atoms with Gasteiger partial charge < -0.3 is 9.88 Å². The van der Waals surface area contributed by atoms with Crippen LogP contribution in [0, 0.1) is 17.7 Å². The maximum atomic E-state index is 13.4. The number of benzene rings is 2. The van der Waals surface area contributed by atoms with E-state index in [4.69, 9.17) is 4.98 Å². The molecule has 0 saturated heterocycles. The molecule has 1 aliphatic carbocycles. The lowest BCUT2D eigenvalue weighted by atomic mass is 9.78. The Morgan fingerprint density at radius 2 is 1.81 bits per heavy atom. The van der Waals surface area contributed by atoms with Gasteiger partial charge in [0.25, 0.3) is 5.91 Å². The van der Waals surface area contributed by atoms with Crippen molar-refractivity contribution in [1.82, 2.24) is 19.9 Å². The first-order valence-electron chi connectivity index (χ1n) is 12.6. The molecule has 1 saturated carbocycles. The molecule has 5 nitrogen and oxygen atoms in total. The third-order valence-corrected chi connectivity index (χ3v) is 8.42. The first-order chi connectivity index (χ1) is 17.5. The molecule has 0 bridgehead atoms. The fraction of sp³-hybridized carbons (Fsp3) is 0.345. The van der Waals surface area contributed by atoms with Crippen LogP contribution < -0.4 is 5.32 Å². The van der Waals surface area contributed by atoms with Crippen molar-refractivity contribution < 1.29 is 9.18 Å². The van der Waals surface area contributed by atoms with Crippen LogP contribution in [0.25, 0.3) is 11.0 Å². The molecule has 2 aromatic heterocycles. The highest BCUT2D eigenvalue weighted by Gasteiger charge is 2.28. The Hall–Kier alpha value is -3.19. The SMILES string of the molecule is C[C@@H]1[C@H](C)CCC[C@@H]1NC(=O)c1ccc(CSc2nc3ccncc3n2Cc2ccc(F)cc2)cc1. The van der Waals surface area contributed by atoms with Crippen LogP contribution in [0.15, 0.2) is 72.1 Å². The van der Waals surface area contributed by atoms with Gasteiger partial charge in [0.1, 0.15) is 5.82 Å². The zero-order valence-corrected chi connectivity index (χ0v) is 21.5. The fourth-order valence-corrected chi connectivity index (χ4v) is 5.89.